The van der Waals surface area contributed by atoms with Gasteiger partial charge >= 0.3 is 0 Å². The second-order valence-corrected chi connectivity index (χ2v) is 9.96. The molecule has 1 amide bonds. The Balaban J connectivity index is 2.01. The third-order valence-corrected chi connectivity index (χ3v) is 7.93. The fourth-order valence-corrected chi connectivity index (χ4v) is 6.43. The van der Waals surface area contributed by atoms with Gasteiger partial charge in [0.15, 0.2) is 34.7 Å². The Bertz CT molecular complexity index is 1140. The summed E-state index contributed by atoms with van der Waals surface area (Å²) in [5, 5.41) is 33.5. The number of hydrogen-bond acceptors (Lipinski definition) is 9. The van der Waals surface area contributed by atoms with E-state index < -0.39 is 75.2 Å². The fraction of sp³-hybridized carbons (Fsp3) is 0.522. The summed E-state index contributed by atoms with van der Waals surface area (Å²) in [7, 11) is 2.99. The molecule has 3 unspecified atom stereocenters. The van der Waals surface area contributed by atoms with Crippen LogP contribution in [-0.2, 0) is 24.8 Å². The van der Waals surface area contributed by atoms with Crippen molar-refractivity contribution in [2.24, 2.45) is 28.9 Å². The number of phenolic OH excluding ortho intramolecular Hbond substituents is 1. The highest BCUT2D eigenvalue weighted by molar-refractivity contribution is 6.33. The molecule has 33 heavy (non-hydrogen) atoms. The first-order valence-corrected chi connectivity index (χ1v) is 10.5. The van der Waals surface area contributed by atoms with Crippen LogP contribution in [0.2, 0.25) is 0 Å². The number of primary amides is 1. The maximum atomic E-state index is 13.8. The van der Waals surface area contributed by atoms with Crippen molar-refractivity contribution in [3.63, 3.8) is 0 Å². The summed E-state index contributed by atoms with van der Waals surface area (Å²) >= 11 is 0. The molecule has 10 heteroatoms. The molecule has 3 aliphatic carbocycles. The summed E-state index contributed by atoms with van der Waals surface area (Å²) in [4.78, 5) is 67.2. The van der Waals surface area contributed by atoms with Gasteiger partial charge in [-0.2, -0.15) is 0 Å². The normalized spacial score (nSPS) is 40.3. The van der Waals surface area contributed by atoms with Crippen LogP contribution < -0.4 is 5.73 Å². The predicted octanol–water partition coefficient (Wildman–Crippen LogP) is -1.08. The van der Waals surface area contributed by atoms with E-state index in [1.807, 2.05) is 0 Å². The lowest BCUT2D eigenvalue weighted by molar-refractivity contribution is -0.206. The molecular weight excluding hydrogens is 432 g/mol. The van der Waals surface area contributed by atoms with Crippen molar-refractivity contribution in [1.82, 2.24) is 4.90 Å². The van der Waals surface area contributed by atoms with Gasteiger partial charge in [0.05, 0.1) is 23.1 Å². The van der Waals surface area contributed by atoms with E-state index in [0.717, 1.165) is 0 Å². The van der Waals surface area contributed by atoms with Gasteiger partial charge in [-0.15, -0.1) is 0 Å². The summed E-state index contributed by atoms with van der Waals surface area (Å²) in [5.41, 5.74) is -1.31. The van der Waals surface area contributed by atoms with E-state index in [1.54, 1.807) is 0 Å². The molecule has 0 radical (unpaired) electrons. The van der Waals surface area contributed by atoms with Crippen LogP contribution in [0.4, 0.5) is 0 Å². The van der Waals surface area contributed by atoms with Crippen LogP contribution in [0.1, 0.15) is 36.2 Å². The quantitative estimate of drug-likeness (QED) is 0.402. The topological polar surface area (TPSA) is 175 Å². The van der Waals surface area contributed by atoms with E-state index in [-0.39, 0.29) is 17.5 Å². The fourth-order valence-electron chi connectivity index (χ4n) is 6.43. The SMILES string of the molecule is CN(C)[C@@H]1C(=O)C(C(N)=O)C(=O)[C@@]2(O)C(=O)C3C(=O)c4c(O)cccc4[C@@](C)(O)C3C[C@@]12C. The first-order chi connectivity index (χ1) is 15.1. The number of carbonyl (C=O) groups is 5. The first-order valence-electron chi connectivity index (χ1n) is 10.5. The van der Waals surface area contributed by atoms with Crippen molar-refractivity contribution in [3.05, 3.63) is 29.3 Å². The Kier molecular flexibility index (Phi) is 4.77. The molecule has 7 atom stereocenters. The van der Waals surface area contributed by atoms with E-state index in [2.05, 4.69) is 0 Å². The van der Waals surface area contributed by atoms with Crippen LogP contribution in [0.25, 0.3) is 0 Å². The van der Waals surface area contributed by atoms with Gasteiger partial charge in [-0.1, -0.05) is 19.1 Å². The minimum atomic E-state index is -2.88. The lowest BCUT2D eigenvalue weighted by Crippen LogP contribution is -2.79. The third-order valence-electron chi connectivity index (χ3n) is 7.93. The Labute approximate surface area is 189 Å². The van der Waals surface area contributed by atoms with Gasteiger partial charge in [0.1, 0.15) is 5.75 Å². The zero-order valence-electron chi connectivity index (χ0n) is 18.7. The third kappa shape index (κ3) is 2.56. The highest BCUT2D eigenvalue weighted by atomic mass is 16.3. The van der Waals surface area contributed by atoms with E-state index in [4.69, 9.17) is 5.73 Å². The largest absolute Gasteiger partial charge is 0.507 e. The van der Waals surface area contributed by atoms with Crippen LogP contribution in [0.3, 0.4) is 0 Å². The standard InChI is InChI=1S/C23H26N2O8/c1-21-8-10-13(15(27)12-9(22(10,2)32)6-5-7-11(12)26)18(29)23(21,33)19(30)14(20(24)31)16(28)17(21)25(3)4/h5-7,10,13-14,17,26,32-33H,8H2,1-4H3,(H2,24,31)/t10?,13?,14?,17-,21+,22-,23+/m1/s1. The summed E-state index contributed by atoms with van der Waals surface area (Å²) in [6.07, 6.45) is -0.264. The molecule has 3 aliphatic rings. The number of benzene rings is 1. The Morgan fingerprint density at radius 2 is 1.70 bits per heavy atom. The van der Waals surface area contributed by atoms with Gasteiger partial charge in [-0.05, 0) is 39.1 Å². The molecule has 2 saturated carbocycles. The molecule has 0 saturated heterocycles. The van der Waals surface area contributed by atoms with Crippen LogP contribution in [-0.4, -0.2) is 75.0 Å². The predicted molar refractivity (Wildman–Crippen MR) is 112 cm³/mol. The molecule has 0 spiro atoms. The second-order valence-electron chi connectivity index (χ2n) is 9.96. The smallest absolute Gasteiger partial charge is 0.235 e. The summed E-state index contributed by atoms with van der Waals surface area (Å²) in [6, 6.07) is 2.86. The van der Waals surface area contributed by atoms with Crippen LogP contribution in [0.15, 0.2) is 18.2 Å². The number of phenols is 1. The van der Waals surface area contributed by atoms with Gasteiger partial charge in [0.2, 0.25) is 5.91 Å². The van der Waals surface area contributed by atoms with Crippen molar-refractivity contribution in [2.45, 2.75) is 37.5 Å². The molecule has 176 valence electrons. The van der Waals surface area contributed by atoms with Gasteiger partial charge < -0.3 is 21.1 Å². The summed E-state index contributed by atoms with van der Waals surface area (Å²) in [6.45, 7) is 2.76. The minimum absolute atomic E-state index is 0.112. The van der Waals surface area contributed by atoms with Gasteiger partial charge in [-0.25, -0.2) is 0 Å². The molecule has 2 fully saturated rings. The summed E-state index contributed by atoms with van der Waals surface area (Å²) < 4.78 is 0. The van der Waals surface area contributed by atoms with Crippen LogP contribution >= 0.6 is 0 Å². The Hall–Kier alpha value is -2.95. The zero-order valence-corrected chi connectivity index (χ0v) is 18.7. The average Bonchev–Trinajstić information content (AvgIpc) is 2.69. The highest BCUT2D eigenvalue weighted by Gasteiger charge is 2.76. The van der Waals surface area contributed by atoms with Gasteiger partial charge in [0, 0.05) is 11.3 Å². The first kappa shape index (κ1) is 23.2. The molecular formula is C23H26N2O8. The molecule has 0 aromatic heterocycles. The van der Waals surface area contributed by atoms with Crippen molar-refractivity contribution in [3.8, 4) is 5.75 Å². The number of carbonyl (C=O) groups excluding carboxylic acids is 5. The molecule has 0 bridgehead atoms. The molecule has 0 aliphatic heterocycles. The van der Waals surface area contributed by atoms with Crippen LogP contribution in [0, 0.1) is 23.2 Å². The number of amides is 1. The highest BCUT2D eigenvalue weighted by Crippen LogP contribution is 2.60. The number of aliphatic hydroxyl groups is 2. The number of hydrogen-bond donors (Lipinski definition) is 4. The molecule has 0 heterocycles. The van der Waals surface area contributed by atoms with E-state index in [0.29, 0.717) is 0 Å². The number of fused-ring (bicyclic) bond motifs is 3. The zero-order chi connectivity index (χ0) is 24.8. The van der Waals surface area contributed by atoms with Gasteiger partial charge in [-0.3, -0.25) is 28.9 Å². The Morgan fingerprint density at radius 1 is 1.09 bits per heavy atom. The number of ketones is 4. The maximum absolute atomic E-state index is 13.8. The number of nitrogens with two attached hydrogens (primary N) is 1. The molecule has 5 N–H and O–H groups in total. The molecule has 10 nitrogen and oxygen atoms in total. The van der Waals surface area contributed by atoms with Crippen molar-refractivity contribution in [1.29, 1.82) is 0 Å². The maximum Gasteiger partial charge on any atom is 0.235 e. The number of aromatic hydroxyl groups is 1. The van der Waals surface area contributed by atoms with Crippen molar-refractivity contribution in [2.75, 3.05) is 14.1 Å². The average molecular weight is 458 g/mol. The number of Topliss-reactive ketones (excluding diaryl/α,β-unsaturated/α-hetero) is 4. The molecule has 4 rings (SSSR count). The lowest BCUT2D eigenvalue weighted by Gasteiger charge is -2.60. The molecule has 1 aromatic carbocycles. The van der Waals surface area contributed by atoms with Gasteiger partial charge in [0.25, 0.3) is 0 Å². The monoisotopic (exact) mass is 458 g/mol. The number of nitrogens with zero attached hydrogens (tertiary/aromatic N) is 1. The van der Waals surface area contributed by atoms with Crippen molar-refractivity contribution < 1.29 is 39.3 Å². The van der Waals surface area contributed by atoms with Crippen molar-refractivity contribution >= 4 is 29.0 Å². The second kappa shape index (κ2) is 6.78. The Morgan fingerprint density at radius 3 is 2.24 bits per heavy atom. The van der Waals surface area contributed by atoms with E-state index in [1.165, 1.54) is 51.0 Å². The number of rotatable bonds is 2. The molecule has 1 aromatic rings. The van der Waals surface area contributed by atoms with E-state index >= 15 is 0 Å². The van der Waals surface area contributed by atoms with Crippen LogP contribution in [0.5, 0.6) is 5.75 Å². The van der Waals surface area contributed by atoms with E-state index in [9.17, 15) is 39.3 Å². The number of likely N-dealkylation sites (N-methyl/N-ethyl adjacent to an activating group) is 1. The summed E-state index contributed by atoms with van der Waals surface area (Å²) in [5.74, 6) is -10.9. The minimum Gasteiger partial charge on any atom is -0.507 e. The lowest BCUT2D eigenvalue weighted by atomic mass is 9.44.